The number of benzene rings is 2. The molecule has 2 aromatic carbocycles. The summed E-state index contributed by atoms with van der Waals surface area (Å²) in [5.74, 6) is 2.47. The van der Waals surface area contributed by atoms with Gasteiger partial charge in [-0.2, -0.15) is 0 Å². The van der Waals surface area contributed by atoms with Gasteiger partial charge in [0.2, 0.25) is 0 Å². The number of aromatic nitrogens is 1. The number of amides is 1. The van der Waals surface area contributed by atoms with Crippen LogP contribution >= 0.6 is 11.3 Å². The van der Waals surface area contributed by atoms with Crippen molar-refractivity contribution >= 4 is 32.6 Å². The molecule has 0 saturated carbocycles. The van der Waals surface area contributed by atoms with Crippen LogP contribution in [0, 0.1) is 0 Å². The third-order valence-corrected chi connectivity index (χ3v) is 6.43. The SMILES string of the molecule is CCOc1ccc(OCC(=O)N(CC2CCCO2)c2nc3c(OC)ccc(OC)c3s2)cc1. The second-order valence-corrected chi connectivity index (χ2v) is 8.45. The van der Waals surface area contributed by atoms with Crippen molar-refractivity contribution in [1.82, 2.24) is 4.98 Å². The summed E-state index contributed by atoms with van der Waals surface area (Å²) < 4.78 is 28.8. The van der Waals surface area contributed by atoms with Crippen molar-refractivity contribution in [2.45, 2.75) is 25.9 Å². The molecule has 9 heteroatoms. The average Bonchev–Trinajstić information content (AvgIpc) is 3.51. The number of fused-ring (bicyclic) bond motifs is 1. The van der Waals surface area contributed by atoms with Crippen molar-refractivity contribution in [1.29, 1.82) is 0 Å². The first-order valence-corrected chi connectivity index (χ1v) is 11.7. The fourth-order valence-corrected chi connectivity index (χ4v) is 4.79. The monoisotopic (exact) mass is 472 g/mol. The number of carbonyl (C=O) groups excluding carboxylic acids is 1. The van der Waals surface area contributed by atoms with Gasteiger partial charge >= 0.3 is 0 Å². The molecule has 1 aliphatic heterocycles. The summed E-state index contributed by atoms with van der Waals surface area (Å²) in [6.07, 6.45) is 1.85. The standard InChI is InChI=1S/C24H28N2O6S/c1-4-30-16-7-9-17(10-8-16)32-15-21(27)26(14-18-6-5-13-31-18)24-25-22-19(28-2)11-12-20(29-3)23(22)33-24/h7-12,18H,4-6,13-15H2,1-3H3. The van der Waals surface area contributed by atoms with Crippen LogP contribution in [0.2, 0.25) is 0 Å². The Kier molecular flexibility index (Phi) is 7.51. The molecular weight excluding hydrogens is 444 g/mol. The maximum absolute atomic E-state index is 13.3. The van der Waals surface area contributed by atoms with Crippen LogP contribution in [0.5, 0.6) is 23.0 Å². The van der Waals surface area contributed by atoms with Crippen LogP contribution in [0.15, 0.2) is 36.4 Å². The summed E-state index contributed by atoms with van der Waals surface area (Å²) in [6.45, 7) is 3.52. The minimum atomic E-state index is -0.198. The summed E-state index contributed by atoms with van der Waals surface area (Å²) in [4.78, 5) is 19.7. The molecule has 4 rings (SSSR count). The Labute approximate surface area is 197 Å². The zero-order valence-electron chi connectivity index (χ0n) is 19.0. The number of methoxy groups -OCH3 is 2. The van der Waals surface area contributed by atoms with Gasteiger partial charge in [0.05, 0.1) is 33.5 Å². The van der Waals surface area contributed by atoms with E-state index < -0.39 is 0 Å². The first-order chi connectivity index (χ1) is 16.1. The van der Waals surface area contributed by atoms with E-state index in [-0.39, 0.29) is 18.6 Å². The van der Waals surface area contributed by atoms with E-state index in [0.717, 1.165) is 23.3 Å². The highest BCUT2D eigenvalue weighted by Gasteiger charge is 2.27. The van der Waals surface area contributed by atoms with Crippen LogP contribution < -0.4 is 23.8 Å². The molecule has 1 atom stereocenters. The van der Waals surface area contributed by atoms with Gasteiger partial charge in [-0.15, -0.1) is 0 Å². The summed E-state index contributed by atoms with van der Waals surface area (Å²) in [7, 11) is 3.21. The molecule has 1 aliphatic rings. The zero-order chi connectivity index (χ0) is 23.2. The molecule has 8 nitrogen and oxygen atoms in total. The van der Waals surface area contributed by atoms with Crippen molar-refractivity contribution in [3.8, 4) is 23.0 Å². The van der Waals surface area contributed by atoms with E-state index in [1.165, 1.54) is 11.3 Å². The van der Waals surface area contributed by atoms with Crippen LogP contribution in [0.25, 0.3) is 10.2 Å². The molecule has 33 heavy (non-hydrogen) atoms. The van der Waals surface area contributed by atoms with E-state index in [1.54, 1.807) is 31.3 Å². The molecule has 0 aliphatic carbocycles. The summed E-state index contributed by atoms with van der Waals surface area (Å²) in [5, 5.41) is 0.559. The number of nitrogens with zero attached hydrogens (tertiary/aromatic N) is 2. The Bertz CT molecular complexity index is 1040. The highest BCUT2D eigenvalue weighted by Crippen LogP contribution is 2.40. The van der Waals surface area contributed by atoms with Gasteiger partial charge < -0.3 is 23.7 Å². The number of hydrogen-bond donors (Lipinski definition) is 0. The number of hydrogen-bond acceptors (Lipinski definition) is 8. The van der Waals surface area contributed by atoms with Crippen molar-refractivity contribution in [2.75, 3.05) is 45.5 Å². The molecule has 3 aromatic rings. The second-order valence-electron chi connectivity index (χ2n) is 7.48. The van der Waals surface area contributed by atoms with E-state index in [0.29, 0.717) is 47.7 Å². The number of thiazole rings is 1. The summed E-state index contributed by atoms with van der Waals surface area (Å²) >= 11 is 1.39. The minimum Gasteiger partial charge on any atom is -0.495 e. The van der Waals surface area contributed by atoms with Gasteiger partial charge in [-0.05, 0) is 56.2 Å². The maximum atomic E-state index is 13.3. The van der Waals surface area contributed by atoms with Crippen molar-refractivity contribution in [3.05, 3.63) is 36.4 Å². The Morgan fingerprint density at radius 1 is 1.09 bits per heavy atom. The summed E-state index contributed by atoms with van der Waals surface area (Å²) in [5.41, 5.74) is 0.662. The Morgan fingerprint density at radius 2 is 1.79 bits per heavy atom. The normalized spacial score (nSPS) is 15.4. The number of rotatable bonds is 10. The fraction of sp³-hybridized carbons (Fsp3) is 0.417. The zero-order valence-corrected chi connectivity index (χ0v) is 19.9. The molecule has 0 radical (unpaired) electrons. The first kappa shape index (κ1) is 23.1. The van der Waals surface area contributed by atoms with E-state index >= 15 is 0 Å². The van der Waals surface area contributed by atoms with E-state index in [9.17, 15) is 4.79 Å². The van der Waals surface area contributed by atoms with Crippen LogP contribution in [0.4, 0.5) is 5.13 Å². The average molecular weight is 473 g/mol. The first-order valence-electron chi connectivity index (χ1n) is 10.9. The van der Waals surface area contributed by atoms with Crippen molar-refractivity contribution in [3.63, 3.8) is 0 Å². The van der Waals surface area contributed by atoms with Crippen molar-refractivity contribution < 1.29 is 28.5 Å². The van der Waals surface area contributed by atoms with E-state index in [1.807, 2.05) is 31.2 Å². The minimum absolute atomic E-state index is 0.0322. The lowest BCUT2D eigenvalue weighted by molar-refractivity contribution is -0.120. The number of anilines is 1. The lowest BCUT2D eigenvalue weighted by Gasteiger charge is -2.23. The second kappa shape index (κ2) is 10.7. The smallest absolute Gasteiger partial charge is 0.266 e. The van der Waals surface area contributed by atoms with Crippen LogP contribution in [-0.4, -0.2) is 57.6 Å². The van der Waals surface area contributed by atoms with Gasteiger partial charge in [0.1, 0.15) is 33.2 Å². The van der Waals surface area contributed by atoms with Gasteiger partial charge in [-0.1, -0.05) is 11.3 Å². The van der Waals surface area contributed by atoms with Gasteiger partial charge in [-0.3, -0.25) is 9.69 Å². The molecule has 1 fully saturated rings. The fourth-order valence-electron chi connectivity index (χ4n) is 3.69. The third kappa shape index (κ3) is 5.31. The van der Waals surface area contributed by atoms with Crippen LogP contribution in [-0.2, 0) is 9.53 Å². The van der Waals surface area contributed by atoms with Gasteiger partial charge in [-0.25, -0.2) is 4.98 Å². The molecule has 1 saturated heterocycles. The lowest BCUT2D eigenvalue weighted by Crippen LogP contribution is -2.40. The molecule has 176 valence electrons. The molecule has 0 bridgehead atoms. The van der Waals surface area contributed by atoms with Crippen molar-refractivity contribution in [2.24, 2.45) is 0 Å². The highest BCUT2D eigenvalue weighted by molar-refractivity contribution is 7.22. The third-order valence-electron chi connectivity index (χ3n) is 5.34. The number of ether oxygens (including phenoxy) is 5. The lowest BCUT2D eigenvalue weighted by atomic mass is 10.2. The maximum Gasteiger partial charge on any atom is 0.266 e. The molecular formula is C24H28N2O6S. The molecule has 2 heterocycles. The van der Waals surface area contributed by atoms with Crippen LogP contribution in [0.3, 0.4) is 0 Å². The molecule has 1 amide bonds. The largest absolute Gasteiger partial charge is 0.495 e. The quantitative estimate of drug-likeness (QED) is 0.435. The molecule has 0 spiro atoms. The predicted octanol–water partition coefficient (Wildman–Crippen LogP) is 4.30. The van der Waals surface area contributed by atoms with Crippen LogP contribution in [0.1, 0.15) is 19.8 Å². The van der Waals surface area contributed by atoms with Gasteiger partial charge in [0.15, 0.2) is 11.7 Å². The Hall–Kier alpha value is -3.04. The van der Waals surface area contributed by atoms with Gasteiger partial charge in [0.25, 0.3) is 5.91 Å². The highest BCUT2D eigenvalue weighted by atomic mass is 32.1. The molecule has 1 aromatic heterocycles. The summed E-state index contributed by atoms with van der Waals surface area (Å²) in [6, 6.07) is 10.9. The van der Waals surface area contributed by atoms with E-state index in [2.05, 4.69) is 0 Å². The Morgan fingerprint density at radius 3 is 2.42 bits per heavy atom. The molecule has 0 N–H and O–H groups in total. The molecule has 1 unspecified atom stereocenters. The number of carbonyl (C=O) groups is 1. The predicted molar refractivity (Wildman–Crippen MR) is 127 cm³/mol. The topological polar surface area (TPSA) is 79.4 Å². The van der Waals surface area contributed by atoms with Gasteiger partial charge in [0, 0.05) is 6.61 Å². The Balaban J connectivity index is 1.57. The van der Waals surface area contributed by atoms with E-state index in [4.69, 9.17) is 28.7 Å².